The highest BCUT2D eigenvalue weighted by Gasteiger charge is 2.08. The van der Waals surface area contributed by atoms with Gasteiger partial charge in [-0.15, -0.1) is 0 Å². The minimum Gasteiger partial charge on any atom is -0.463 e. The van der Waals surface area contributed by atoms with Gasteiger partial charge in [0.1, 0.15) is 0 Å². The van der Waals surface area contributed by atoms with E-state index in [4.69, 9.17) is 4.74 Å². The Bertz CT molecular complexity index is 378. The number of aliphatic hydroxyl groups excluding tert-OH is 1. The molecule has 3 nitrogen and oxygen atoms in total. The van der Waals surface area contributed by atoms with Crippen LogP contribution in [-0.4, -0.2) is 23.3 Å². The van der Waals surface area contributed by atoms with E-state index in [1.54, 1.807) is 0 Å². The molecule has 0 saturated heterocycles. The lowest BCUT2D eigenvalue weighted by Crippen LogP contribution is -2.14. The van der Waals surface area contributed by atoms with Crippen LogP contribution >= 0.6 is 0 Å². The molecular weight excluding hydrogens is 360 g/mol. The van der Waals surface area contributed by atoms with Gasteiger partial charge >= 0.3 is 5.97 Å². The third-order valence-electron chi connectivity index (χ3n) is 5.51. The minimum atomic E-state index is -0.165. The molecule has 0 fully saturated rings. The molecule has 0 radical (unpaired) electrons. The van der Waals surface area contributed by atoms with Gasteiger partial charge in [-0.25, -0.2) is 0 Å². The van der Waals surface area contributed by atoms with Gasteiger partial charge in [-0.05, 0) is 51.9 Å². The summed E-state index contributed by atoms with van der Waals surface area (Å²) in [4.78, 5) is 11.9. The van der Waals surface area contributed by atoms with Crippen LogP contribution in [0, 0.1) is 0 Å². The van der Waals surface area contributed by atoms with Gasteiger partial charge in [-0.1, -0.05) is 90.2 Å². The van der Waals surface area contributed by atoms with Crippen LogP contribution in [-0.2, 0) is 9.53 Å². The van der Waals surface area contributed by atoms with Crippen molar-refractivity contribution >= 4 is 5.97 Å². The summed E-state index contributed by atoms with van der Waals surface area (Å²) in [6.45, 7) is 6.44. The first-order valence-corrected chi connectivity index (χ1v) is 12.6. The number of carbonyl (C=O) groups is 1. The van der Waals surface area contributed by atoms with E-state index < -0.39 is 0 Å². The second-order valence-corrected chi connectivity index (χ2v) is 8.67. The predicted octanol–water partition coefficient (Wildman–Crippen LogP) is 7.90. The summed E-state index contributed by atoms with van der Waals surface area (Å²) in [6.07, 6.45) is 24.2. The van der Waals surface area contributed by atoms with Crippen LogP contribution in [0.2, 0.25) is 0 Å². The Kier molecular flexibility index (Phi) is 21.2. The van der Waals surface area contributed by atoms with Crippen molar-refractivity contribution in [2.75, 3.05) is 0 Å². The van der Waals surface area contributed by atoms with Gasteiger partial charge in [-0.2, -0.15) is 0 Å². The Labute approximate surface area is 181 Å². The molecule has 172 valence electrons. The number of allylic oxidation sites excluding steroid dienone is 1. The molecule has 0 spiro atoms. The third kappa shape index (κ3) is 21.7. The molecule has 2 atom stereocenters. The lowest BCUT2D eigenvalue weighted by Gasteiger charge is -2.13. The molecule has 0 aliphatic carbocycles. The van der Waals surface area contributed by atoms with Crippen LogP contribution in [0.5, 0.6) is 0 Å². The average molecular weight is 411 g/mol. The molecular formula is C26H50O3. The van der Waals surface area contributed by atoms with Crippen LogP contribution in [0.1, 0.15) is 136 Å². The zero-order chi connectivity index (χ0) is 21.6. The summed E-state index contributed by atoms with van der Waals surface area (Å²) in [6, 6.07) is 0. The van der Waals surface area contributed by atoms with E-state index in [9.17, 15) is 9.90 Å². The maximum absolute atomic E-state index is 11.9. The highest BCUT2D eigenvalue weighted by atomic mass is 16.5. The number of aliphatic hydroxyl groups is 1. The van der Waals surface area contributed by atoms with Crippen molar-refractivity contribution in [2.24, 2.45) is 0 Å². The molecule has 3 heteroatoms. The van der Waals surface area contributed by atoms with Crippen LogP contribution in [0.25, 0.3) is 0 Å². The van der Waals surface area contributed by atoms with Crippen LogP contribution < -0.4 is 0 Å². The molecule has 0 aromatic carbocycles. The molecule has 0 aromatic heterocycles. The smallest absolute Gasteiger partial charge is 0.306 e. The van der Waals surface area contributed by atoms with Crippen LogP contribution in [0.4, 0.5) is 0 Å². The highest BCUT2D eigenvalue weighted by molar-refractivity contribution is 5.69. The standard InChI is InChI=1S/C26H50O3/c1-4-6-8-16-20-24(3)29-26(28)23-19-15-13-11-10-12-14-18-22-25(27)21-17-9-7-5-2/h14,18,24-25,27H,4-13,15-17,19-23H2,1-3H3/b18-14-/t24?,25-/m1/s1. The first kappa shape index (κ1) is 28.2. The maximum atomic E-state index is 11.9. The predicted molar refractivity (Wildman–Crippen MR) is 125 cm³/mol. The van der Waals surface area contributed by atoms with Crippen molar-refractivity contribution in [1.29, 1.82) is 0 Å². The molecule has 1 N–H and O–H groups in total. The molecule has 0 bridgehead atoms. The van der Waals surface area contributed by atoms with Crippen LogP contribution in [0.3, 0.4) is 0 Å². The van der Waals surface area contributed by atoms with E-state index in [2.05, 4.69) is 26.0 Å². The lowest BCUT2D eigenvalue weighted by atomic mass is 10.1. The summed E-state index contributed by atoms with van der Waals surface area (Å²) in [5, 5.41) is 9.92. The fraction of sp³-hybridized carbons (Fsp3) is 0.885. The fourth-order valence-electron chi connectivity index (χ4n) is 3.56. The molecule has 0 rings (SSSR count). The van der Waals surface area contributed by atoms with Crippen LogP contribution in [0.15, 0.2) is 12.2 Å². The Morgan fingerprint density at radius 1 is 0.793 bits per heavy atom. The van der Waals surface area contributed by atoms with E-state index in [1.807, 2.05) is 6.92 Å². The number of esters is 1. The van der Waals surface area contributed by atoms with Gasteiger partial charge in [-0.3, -0.25) is 4.79 Å². The van der Waals surface area contributed by atoms with E-state index in [1.165, 1.54) is 57.8 Å². The molecule has 0 saturated carbocycles. The van der Waals surface area contributed by atoms with Gasteiger partial charge in [0.15, 0.2) is 0 Å². The van der Waals surface area contributed by atoms with Gasteiger partial charge in [0.2, 0.25) is 0 Å². The topological polar surface area (TPSA) is 46.5 Å². The molecule has 0 heterocycles. The van der Waals surface area contributed by atoms with Crippen molar-refractivity contribution in [1.82, 2.24) is 0 Å². The Morgan fingerprint density at radius 2 is 1.38 bits per heavy atom. The van der Waals surface area contributed by atoms with Crippen molar-refractivity contribution in [3.63, 3.8) is 0 Å². The summed E-state index contributed by atoms with van der Waals surface area (Å²) >= 11 is 0. The van der Waals surface area contributed by atoms with E-state index in [0.29, 0.717) is 6.42 Å². The second-order valence-electron chi connectivity index (χ2n) is 8.67. The molecule has 29 heavy (non-hydrogen) atoms. The largest absolute Gasteiger partial charge is 0.463 e. The maximum Gasteiger partial charge on any atom is 0.306 e. The van der Waals surface area contributed by atoms with Gasteiger partial charge in [0, 0.05) is 6.42 Å². The monoisotopic (exact) mass is 410 g/mol. The molecule has 0 aromatic rings. The Balaban J connectivity index is 3.42. The number of ether oxygens (including phenoxy) is 1. The van der Waals surface area contributed by atoms with Crippen molar-refractivity contribution in [2.45, 2.75) is 149 Å². The third-order valence-corrected chi connectivity index (χ3v) is 5.51. The number of rotatable bonds is 21. The molecule has 0 amide bonds. The first-order chi connectivity index (χ1) is 14.1. The first-order valence-electron chi connectivity index (χ1n) is 12.6. The Morgan fingerprint density at radius 3 is 2.07 bits per heavy atom. The summed E-state index contributed by atoms with van der Waals surface area (Å²) in [7, 11) is 0. The quantitative estimate of drug-likeness (QED) is 0.119. The zero-order valence-corrected chi connectivity index (χ0v) is 19.8. The highest BCUT2D eigenvalue weighted by Crippen LogP contribution is 2.12. The van der Waals surface area contributed by atoms with Gasteiger partial charge in [0.25, 0.3) is 0 Å². The number of hydrogen-bond acceptors (Lipinski definition) is 3. The second kappa shape index (κ2) is 21.9. The Hall–Kier alpha value is -0.830. The number of hydrogen-bond donors (Lipinski definition) is 1. The summed E-state index contributed by atoms with van der Waals surface area (Å²) in [5.41, 5.74) is 0. The van der Waals surface area contributed by atoms with Gasteiger partial charge < -0.3 is 9.84 Å². The summed E-state index contributed by atoms with van der Waals surface area (Å²) in [5.74, 6) is -0.0239. The van der Waals surface area contributed by atoms with Crippen molar-refractivity contribution in [3.8, 4) is 0 Å². The molecule has 1 unspecified atom stereocenters. The number of carbonyl (C=O) groups excluding carboxylic acids is 1. The van der Waals surface area contributed by atoms with E-state index >= 15 is 0 Å². The SMILES string of the molecule is CCCCCCC(C)OC(=O)CCCCCCC/C=C\C[C@H](O)CCCCCC. The van der Waals surface area contributed by atoms with E-state index in [0.717, 1.165) is 51.4 Å². The van der Waals surface area contributed by atoms with Gasteiger partial charge in [0.05, 0.1) is 12.2 Å². The van der Waals surface area contributed by atoms with Crippen molar-refractivity contribution in [3.05, 3.63) is 12.2 Å². The summed E-state index contributed by atoms with van der Waals surface area (Å²) < 4.78 is 5.49. The lowest BCUT2D eigenvalue weighted by molar-refractivity contribution is -0.148. The van der Waals surface area contributed by atoms with E-state index in [-0.39, 0.29) is 18.2 Å². The molecule has 0 aliphatic heterocycles. The normalized spacial score (nSPS) is 13.7. The zero-order valence-electron chi connectivity index (χ0n) is 19.8. The molecule has 0 aliphatic rings. The fourth-order valence-corrected chi connectivity index (χ4v) is 3.56. The average Bonchev–Trinajstić information content (AvgIpc) is 2.70. The minimum absolute atomic E-state index is 0.0239. The number of unbranched alkanes of at least 4 members (excludes halogenated alkanes) is 11. The van der Waals surface area contributed by atoms with Crippen molar-refractivity contribution < 1.29 is 14.6 Å².